The lowest BCUT2D eigenvalue weighted by Crippen LogP contribution is -2.27. The number of aromatic nitrogens is 2. The monoisotopic (exact) mass is 453 g/mol. The summed E-state index contributed by atoms with van der Waals surface area (Å²) in [6, 6.07) is 7.90. The van der Waals surface area contributed by atoms with E-state index in [0.717, 1.165) is 36.1 Å². The lowest BCUT2D eigenvalue weighted by atomic mass is 9.97. The molecular formula is C24H27N3O2S2. The predicted molar refractivity (Wildman–Crippen MR) is 130 cm³/mol. The van der Waals surface area contributed by atoms with Gasteiger partial charge >= 0.3 is 0 Å². The number of carbonyl (C=O) groups is 1. The largest absolute Gasteiger partial charge is 0.355 e. The fraction of sp³-hybridized carbons (Fsp3) is 0.375. The molecule has 162 valence electrons. The number of thioether (sulfide) groups is 1. The molecule has 1 aliphatic rings. The van der Waals surface area contributed by atoms with Crippen molar-refractivity contribution < 1.29 is 4.79 Å². The van der Waals surface area contributed by atoms with Crippen LogP contribution in [0.3, 0.4) is 0 Å². The highest BCUT2D eigenvalue weighted by atomic mass is 32.2. The lowest BCUT2D eigenvalue weighted by molar-refractivity contribution is -0.118. The highest BCUT2D eigenvalue weighted by molar-refractivity contribution is 7.99. The van der Waals surface area contributed by atoms with E-state index < -0.39 is 0 Å². The Bertz CT molecular complexity index is 1170. The number of thiophene rings is 1. The first kappa shape index (κ1) is 21.8. The quantitative estimate of drug-likeness (QED) is 0.305. The number of aryl methyl sites for hydroxylation is 2. The fourth-order valence-electron chi connectivity index (χ4n) is 3.97. The van der Waals surface area contributed by atoms with Crippen LogP contribution in [-0.4, -0.2) is 27.8 Å². The van der Waals surface area contributed by atoms with Gasteiger partial charge in [-0.25, -0.2) is 4.98 Å². The Morgan fingerprint density at radius 3 is 2.77 bits per heavy atom. The van der Waals surface area contributed by atoms with Crippen LogP contribution in [0.1, 0.15) is 43.2 Å². The number of carbonyl (C=O) groups excluding carboxylic acids is 1. The zero-order chi connectivity index (χ0) is 21.8. The van der Waals surface area contributed by atoms with Gasteiger partial charge in [0.05, 0.1) is 17.0 Å². The summed E-state index contributed by atoms with van der Waals surface area (Å²) in [4.78, 5) is 30.4. The normalized spacial score (nSPS) is 13.9. The highest BCUT2D eigenvalue weighted by Crippen LogP contribution is 2.25. The van der Waals surface area contributed by atoms with Crippen molar-refractivity contribution in [1.82, 2.24) is 14.9 Å². The summed E-state index contributed by atoms with van der Waals surface area (Å²) in [7, 11) is 0. The van der Waals surface area contributed by atoms with Gasteiger partial charge in [-0.15, -0.1) is 11.3 Å². The number of nitrogens with zero attached hydrogens (tertiary/aromatic N) is 2. The van der Waals surface area contributed by atoms with E-state index in [1.54, 1.807) is 4.57 Å². The minimum atomic E-state index is -0.0860. The van der Waals surface area contributed by atoms with Crippen molar-refractivity contribution in [3.05, 3.63) is 62.8 Å². The maximum atomic E-state index is 13.2. The summed E-state index contributed by atoms with van der Waals surface area (Å²) in [5.74, 6) is 0.194. The Kier molecular flexibility index (Phi) is 6.92. The highest BCUT2D eigenvalue weighted by Gasteiger charge is 2.16. The van der Waals surface area contributed by atoms with Gasteiger partial charge in [0, 0.05) is 6.54 Å². The molecule has 0 saturated heterocycles. The summed E-state index contributed by atoms with van der Waals surface area (Å²) in [6.07, 6.45) is 8.07. The van der Waals surface area contributed by atoms with E-state index >= 15 is 0 Å². The molecule has 0 bridgehead atoms. The van der Waals surface area contributed by atoms with Crippen LogP contribution in [0, 0.1) is 13.8 Å². The molecule has 0 unspecified atom stereocenters. The number of rotatable bonds is 7. The Morgan fingerprint density at radius 1 is 1.23 bits per heavy atom. The van der Waals surface area contributed by atoms with Gasteiger partial charge < -0.3 is 5.32 Å². The molecule has 3 aromatic rings. The van der Waals surface area contributed by atoms with Crippen LogP contribution in [0.15, 0.2) is 51.2 Å². The minimum Gasteiger partial charge on any atom is -0.355 e. The number of nitrogens with one attached hydrogen (secondary N) is 1. The van der Waals surface area contributed by atoms with E-state index in [9.17, 15) is 9.59 Å². The van der Waals surface area contributed by atoms with Crippen LogP contribution in [0.25, 0.3) is 15.9 Å². The van der Waals surface area contributed by atoms with Crippen molar-refractivity contribution in [2.45, 2.75) is 51.1 Å². The summed E-state index contributed by atoms with van der Waals surface area (Å²) in [6.45, 7) is 4.69. The van der Waals surface area contributed by atoms with E-state index in [1.807, 2.05) is 37.4 Å². The van der Waals surface area contributed by atoms with Crippen molar-refractivity contribution in [3.8, 4) is 5.69 Å². The molecule has 0 saturated carbocycles. The molecule has 1 aliphatic carbocycles. The standard InChI is InChI=1S/C24H27N3O2S2/c1-16-12-17(2)14-19(13-16)27-23(29)22-20(9-11-30-22)26-24(27)31-15-21(28)25-10-8-18-6-4-3-5-7-18/h6,9,11-14H,3-5,7-8,10,15H2,1-2H3,(H,25,28). The molecule has 0 aliphatic heterocycles. The molecule has 5 nitrogen and oxygen atoms in total. The van der Waals surface area contributed by atoms with Gasteiger partial charge in [0.25, 0.3) is 5.56 Å². The van der Waals surface area contributed by atoms with Crippen molar-refractivity contribution in [2.24, 2.45) is 0 Å². The SMILES string of the molecule is Cc1cc(C)cc(-n2c(SCC(=O)NCCC3=CCCCC3)nc3ccsc3c2=O)c1. The van der Waals surface area contributed by atoms with E-state index in [4.69, 9.17) is 4.98 Å². The van der Waals surface area contributed by atoms with E-state index in [1.165, 1.54) is 41.5 Å². The second kappa shape index (κ2) is 9.83. The first-order valence-electron chi connectivity index (χ1n) is 10.7. The van der Waals surface area contributed by atoms with Crippen molar-refractivity contribution in [1.29, 1.82) is 0 Å². The van der Waals surface area contributed by atoms with Crippen LogP contribution in [-0.2, 0) is 4.79 Å². The average molecular weight is 454 g/mol. The smallest absolute Gasteiger partial charge is 0.276 e. The summed E-state index contributed by atoms with van der Waals surface area (Å²) in [5, 5.41) is 5.44. The third kappa shape index (κ3) is 5.28. The Hall–Kier alpha value is -2.38. The van der Waals surface area contributed by atoms with Gasteiger partial charge in [0.1, 0.15) is 4.70 Å². The predicted octanol–water partition coefficient (Wildman–Crippen LogP) is 5.16. The van der Waals surface area contributed by atoms with E-state index in [0.29, 0.717) is 21.9 Å². The van der Waals surface area contributed by atoms with Gasteiger partial charge in [-0.2, -0.15) is 0 Å². The number of hydrogen-bond donors (Lipinski definition) is 1. The third-order valence-corrected chi connectivity index (χ3v) is 7.23. The molecule has 0 radical (unpaired) electrons. The van der Waals surface area contributed by atoms with Crippen molar-refractivity contribution in [2.75, 3.05) is 12.3 Å². The maximum Gasteiger partial charge on any atom is 0.276 e. The number of amides is 1. The van der Waals surface area contributed by atoms with Crippen LogP contribution in [0.4, 0.5) is 0 Å². The Labute approximate surface area is 190 Å². The summed E-state index contributed by atoms with van der Waals surface area (Å²) in [5.41, 5.74) is 5.00. The van der Waals surface area contributed by atoms with Gasteiger partial charge in [0.15, 0.2) is 5.16 Å². The summed E-state index contributed by atoms with van der Waals surface area (Å²) >= 11 is 2.71. The zero-order valence-electron chi connectivity index (χ0n) is 17.9. The second-order valence-corrected chi connectivity index (χ2v) is 9.87. The lowest BCUT2D eigenvalue weighted by Gasteiger charge is -2.14. The third-order valence-electron chi connectivity index (χ3n) is 5.40. The van der Waals surface area contributed by atoms with Crippen LogP contribution in [0.5, 0.6) is 0 Å². The topological polar surface area (TPSA) is 64.0 Å². The Morgan fingerprint density at radius 2 is 2.03 bits per heavy atom. The maximum absolute atomic E-state index is 13.2. The molecule has 1 amide bonds. The molecule has 7 heteroatoms. The van der Waals surface area contributed by atoms with Crippen LogP contribution < -0.4 is 10.9 Å². The molecule has 1 N–H and O–H groups in total. The molecular weight excluding hydrogens is 426 g/mol. The molecule has 2 heterocycles. The van der Waals surface area contributed by atoms with Gasteiger partial charge in [-0.1, -0.05) is 29.5 Å². The molecule has 0 atom stereocenters. The molecule has 0 spiro atoms. The van der Waals surface area contributed by atoms with Crippen LogP contribution in [0.2, 0.25) is 0 Å². The summed E-state index contributed by atoms with van der Waals surface area (Å²) < 4.78 is 2.28. The van der Waals surface area contributed by atoms with E-state index in [-0.39, 0.29) is 17.2 Å². The van der Waals surface area contributed by atoms with Crippen molar-refractivity contribution in [3.63, 3.8) is 0 Å². The van der Waals surface area contributed by atoms with Crippen molar-refractivity contribution >= 4 is 39.2 Å². The number of allylic oxidation sites excluding steroid dienone is 1. The Balaban J connectivity index is 1.52. The molecule has 0 fully saturated rings. The van der Waals surface area contributed by atoms with Gasteiger partial charge in [-0.05, 0) is 80.7 Å². The molecule has 1 aromatic carbocycles. The first-order valence-corrected chi connectivity index (χ1v) is 12.5. The number of benzene rings is 1. The van der Waals surface area contributed by atoms with Crippen LogP contribution >= 0.6 is 23.1 Å². The minimum absolute atomic E-state index is 0.0342. The fourth-order valence-corrected chi connectivity index (χ4v) is 5.57. The van der Waals surface area contributed by atoms with E-state index in [2.05, 4.69) is 17.5 Å². The zero-order valence-corrected chi connectivity index (χ0v) is 19.6. The number of hydrogen-bond acceptors (Lipinski definition) is 5. The van der Waals surface area contributed by atoms with Gasteiger partial charge in [0.2, 0.25) is 5.91 Å². The average Bonchev–Trinajstić information content (AvgIpc) is 3.21. The molecule has 4 rings (SSSR count). The molecule has 31 heavy (non-hydrogen) atoms. The molecule has 2 aromatic heterocycles. The number of fused-ring (bicyclic) bond motifs is 1. The first-order chi connectivity index (χ1) is 15.0. The second-order valence-electron chi connectivity index (χ2n) is 8.01. The van der Waals surface area contributed by atoms with Gasteiger partial charge in [-0.3, -0.25) is 14.2 Å².